The standard InChI is InChI=1S/C21H22N2O3/c1-25-19-8-4-15(5-9-19)13-22-21(24)23-14-16-3-6-18-12-20(26-2)10-7-17(18)11-16/h3-12H,13-14H2,1-2H3,(H2,22,23,24). The Morgan fingerprint density at radius 1 is 0.731 bits per heavy atom. The molecule has 0 aliphatic rings. The van der Waals surface area contributed by atoms with Gasteiger partial charge in [0.1, 0.15) is 11.5 Å². The van der Waals surface area contributed by atoms with Crippen LogP contribution in [0.3, 0.4) is 0 Å². The quantitative estimate of drug-likeness (QED) is 0.710. The normalized spacial score (nSPS) is 10.4. The number of carbonyl (C=O) groups excluding carboxylic acids is 1. The van der Waals surface area contributed by atoms with Crippen molar-refractivity contribution in [2.24, 2.45) is 0 Å². The van der Waals surface area contributed by atoms with E-state index in [0.717, 1.165) is 33.4 Å². The molecule has 0 fully saturated rings. The molecule has 0 heterocycles. The number of carbonyl (C=O) groups is 1. The van der Waals surface area contributed by atoms with E-state index in [0.29, 0.717) is 13.1 Å². The first-order valence-corrected chi connectivity index (χ1v) is 8.39. The number of nitrogens with one attached hydrogen (secondary N) is 2. The second-order valence-electron chi connectivity index (χ2n) is 5.93. The SMILES string of the molecule is COc1ccc(CNC(=O)NCc2ccc3cc(OC)ccc3c2)cc1. The maximum Gasteiger partial charge on any atom is 0.315 e. The number of hydrogen-bond acceptors (Lipinski definition) is 3. The number of rotatable bonds is 6. The zero-order chi connectivity index (χ0) is 18.4. The second-order valence-corrected chi connectivity index (χ2v) is 5.93. The number of urea groups is 1. The number of fused-ring (bicyclic) bond motifs is 1. The first-order valence-electron chi connectivity index (χ1n) is 8.39. The third-order valence-electron chi connectivity index (χ3n) is 4.18. The fraction of sp³-hybridized carbons (Fsp3) is 0.190. The van der Waals surface area contributed by atoms with Crippen molar-refractivity contribution in [2.75, 3.05) is 14.2 Å². The van der Waals surface area contributed by atoms with E-state index in [1.54, 1.807) is 14.2 Å². The fourth-order valence-corrected chi connectivity index (χ4v) is 2.68. The van der Waals surface area contributed by atoms with Crippen LogP contribution in [0, 0.1) is 0 Å². The van der Waals surface area contributed by atoms with Crippen LogP contribution in [0.5, 0.6) is 11.5 Å². The Balaban J connectivity index is 1.52. The molecule has 3 aromatic rings. The van der Waals surface area contributed by atoms with Gasteiger partial charge in [0.2, 0.25) is 0 Å². The average Bonchev–Trinajstić information content (AvgIpc) is 2.70. The van der Waals surface area contributed by atoms with Gasteiger partial charge in [0.25, 0.3) is 0 Å². The number of amides is 2. The zero-order valence-corrected chi connectivity index (χ0v) is 14.9. The Hall–Kier alpha value is -3.21. The minimum atomic E-state index is -0.198. The molecule has 0 unspecified atom stereocenters. The molecule has 0 spiro atoms. The molecule has 0 aliphatic carbocycles. The minimum Gasteiger partial charge on any atom is -0.497 e. The molecule has 3 rings (SSSR count). The Morgan fingerprint density at radius 2 is 1.27 bits per heavy atom. The van der Waals surface area contributed by atoms with Gasteiger partial charge in [-0.25, -0.2) is 4.79 Å². The van der Waals surface area contributed by atoms with Crippen LogP contribution < -0.4 is 20.1 Å². The minimum absolute atomic E-state index is 0.198. The van der Waals surface area contributed by atoms with Crippen molar-refractivity contribution < 1.29 is 14.3 Å². The third-order valence-corrected chi connectivity index (χ3v) is 4.18. The van der Waals surface area contributed by atoms with Gasteiger partial charge in [-0.1, -0.05) is 30.3 Å². The van der Waals surface area contributed by atoms with Crippen LogP contribution in [0.4, 0.5) is 4.79 Å². The molecule has 0 atom stereocenters. The lowest BCUT2D eigenvalue weighted by Crippen LogP contribution is -2.34. The molecule has 0 radical (unpaired) electrons. The average molecular weight is 350 g/mol. The first-order chi connectivity index (χ1) is 12.7. The molecule has 5 nitrogen and oxygen atoms in total. The molecule has 134 valence electrons. The molecule has 26 heavy (non-hydrogen) atoms. The van der Waals surface area contributed by atoms with Gasteiger partial charge in [0.15, 0.2) is 0 Å². The highest BCUT2D eigenvalue weighted by Gasteiger charge is 2.03. The van der Waals surface area contributed by atoms with Crippen molar-refractivity contribution in [3.8, 4) is 11.5 Å². The maximum atomic E-state index is 12.0. The van der Waals surface area contributed by atoms with Crippen molar-refractivity contribution in [3.05, 3.63) is 71.8 Å². The highest BCUT2D eigenvalue weighted by Crippen LogP contribution is 2.21. The van der Waals surface area contributed by atoms with E-state index < -0.39 is 0 Å². The van der Waals surface area contributed by atoms with Gasteiger partial charge in [-0.2, -0.15) is 0 Å². The van der Waals surface area contributed by atoms with Crippen molar-refractivity contribution in [1.82, 2.24) is 10.6 Å². The Bertz CT molecular complexity index is 891. The van der Waals surface area contributed by atoms with Crippen LogP contribution in [-0.2, 0) is 13.1 Å². The summed E-state index contributed by atoms with van der Waals surface area (Å²) < 4.78 is 10.4. The van der Waals surface area contributed by atoms with Gasteiger partial charge in [-0.15, -0.1) is 0 Å². The van der Waals surface area contributed by atoms with E-state index in [2.05, 4.69) is 16.7 Å². The lowest BCUT2D eigenvalue weighted by molar-refractivity contribution is 0.240. The highest BCUT2D eigenvalue weighted by molar-refractivity contribution is 5.84. The van der Waals surface area contributed by atoms with Gasteiger partial charge >= 0.3 is 6.03 Å². The van der Waals surface area contributed by atoms with Crippen LogP contribution in [0.25, 0.3) is 10.8 Å². The lowest BCUT2D eigenvalue weighted by atomic mass is 10.1. The predicted molar refractivity (Wildman–Crippen MR) is 103 cm³/mol. The van der Waals surface area contributed by atoms with E-state index in [9.17, 15) is 4.79 Å². The van der Waals surface area contributed by atoms with Gasteiger partial charge < -0.3 is 20.1 Å². The first kappa shape index (κ1) is 17.6. The molecule has 0 aliphatic heterocycles. The topological polar surface area (TPSA) is 59.6 Å². The molecule has 0 saturated carbocycles. The molecule has 3 aromatic carbocycles. The smallest absolute Gasteiger partial charge is 0.315 e. The Kier molecular flexibility index (Phi) is 5.59. The monoisotopic (exact) mass is 350 g/mol. The molecule has 0 saturated heterocycles. The molecular weight excluding hydrogens is 328 g/mol. The van der Waals surface area contributed by atoms with Crippen LogP contribution in [0.2, 0.25) is 0 Å². The lowest BCUT2D eigenvalue weighted by Gasteiger charge is -2.09. The maximum absolute atomic E-state index is 12.0. The highest BCUT2D eigenvalue weighted by atomic mass is 16.5. The van der Waals surface area contributed by atoms with Crippen LogP contribution >= 0.6 is 0 Å². The molecule has 2 N–H and O–H groups in total. The molecule has 5 heteroatoms. The second kappa shape index (κ2) is 8.25. The van der Waals surface area contributed by atoms with Crippen LogP contribution in [-0.4, -0.2) is 20.3 Å². The summed E-state index contributed by atoms with van der Waals surface area (Å²) in [6.45, 7) is 0.934. The van der Waals surface area contributed by atoms with E-state index in [4.69, 9.17) is 9.47 Å². The predicted octanol–water partition coefficient (Wildman–Crippen LogP) is 3.86. The number of hydrogen-bond donors (Lipinski definition) is 2. The van der Waals surface area contributed by atoms with E-state index in [1.165, 1.54) is 0 Å². The summed E-state index contributed by atoms with van der Waals surface area (Å²) in [5, 5.41) is 7.95. The summed E-state index contributed by atoms with van der Waals surface area (Å²) in [5.74, 6) is 1.63. The van der Waals surface area contributed by atoms with Crippen molar-refractivity contribution in [1.29, 1.82) is 0 Å². The summed E-state index contributed by atoms with van der Waals surface area (Å²) in [6, 6.07) is 19.5. The van der Waals surface area contributed by atoms with E-state index in [1.807, 2.05) is 54.6 Å². The Labute approximate surface area is 152 Å². The molecule has 0 bridgehead atoms. The summed E-state index contributed by atoms with van der Waals surface area (Å²) in [5.41, 5.74) is 2.06. The number of methoxy groups -OCH3 is 2. The number of benzene rings is 3. The van der Waals surface area contributed by atoms with Gasteiger partial charge in [0, 0.05) is 13.1 Å². The summed E-state index contributed by atoms with van der Waals surface area (Å²) in [6.07, 6.45) is 0. The van der Waals surface area contributed by atoms with Crippen LogP contribution in [0.1, 0.15) is 11.1 Å². The largest absolute Gasteiger partial charge is 0.497 e. The van der Waals surface area contributed by atoms with E-state index >= 15 is 0 Å². The van der Waals surface area contributed by atoms with Gasteiger partial charge in [-0.05, 0) is 52.2 Å². The zero-order valence-electron chi connectivity index (χ0n) is 14.9. The third kappa shape index (κ3) is 4.45. The molecular formula is C21H22N2O3. The van der Waals surface area contributed by atoms with Gasteiger partial charge in [0.05, 0.1) is 14.2 Å². The van der Waals surface area contributed by atoms with Crippen molar-refractivity contribution >= 4 is 16.8 Å². The fourth-order valence-electron chi connectivity index (χ4n) is 2.68. The number of ether oxygens (including phenoxy) is 2. The summed E-state index contributed by atoms with van der Waals surface area (Å²) in [4.78, 5) is 12.0. The molecule has 2 amide bonds. The Morgan fingerprint density at radius 3 is 1.96 bits per heavy atom. The van der Waals surface area contributed by atoms with Crippen molar-refractivity contribution in [3.63, 3.8) is 0 Å². The van der Waals surface area contributed by atoms with Crippen LogP contribution in [0.15, 0.2) is 60.7 Å². The molecule has 0 aromatic heterocycles. The summed E-state index contributed by atoms with van der Waals surface area (Å²) in [7, 11) is 3.29. The summed E-state index contributed by atoms with van der Waals surface area (Å²) >= 11 is 0. The van der Waals surface area contributed by atoms with Crippen molar-refractivity contribution in [2.45, 2.75) is 13.1 Å². The van der Waals surface area contributed by atoms with Gasteiger partial charge in [-0.3, -0.25) is 0 Å². The van der Waals surface area contributed by atoms with E-state index in [-0.39, 0.29) is 6.03 Å².